The molecule has 0 saturated carbocycles. The molecule has 0 bridgehead atoms. The Hall–Kier alpha value is -3.29. The van der Waals surface area contributed by atoms with Crippen LogP contribution in [0.1, 0.15) is 67.9 Å². The number of aromatic nitrogens is 1. The number of nitrogens with zero attached hydrogens (tertiary/aromatic N) is 1. The first-order chi connectivity index (χ1) is 15.7. The molecule has 1 unspecified atom stereocenters. The molecule has 178 valence electrons. The van der Waals surface area contributed by atoms with E-state index in [9.17, 15) is 19.5 Å². The predicted octanol–water partition coefficient (Wildman–Crippen LogP) is 4.39. The summed E-state index contributed by atoms with van der Waals surface area (Å²) in [6.07, 6.45) is 5.53. The molecule has 8 heteroatoms. The standard InChI is InChI=1S/C25H31NO7/c1-15(2)19-10-16-11-23(33-9-7-5-4-6-8-24(28)29)22(32-3)12-17(16)20-13-21(27)18(25(30)31)14-26(19)20/h11-15,19H,4-10H2,1-3H3,(H,28,29)(H,30,31). The van der Waals surface area contributed by atoms with E-state index in [4.69, 9.17) is 14.6 Å². The Morgan fingerprint density at radius 1 is 1.09 bits per heavy atom. The molecule has 1 aromatic carbocycles. The molecule has 2 heterocycles. The molecule has 1 aromatic heterocycles. The molecule has 0 saturated heterocycles. The van der Waals surface area contributed by atoms with E-state index >= 15 is 0 Å². The van der Waals surface area contributed by atoms with Crippen LogP contribution in [0.4, 0.5) is 0 Å². The molecule has 3 rings (SSSR count). The first-order valence-corrected chi connectivity index (χ1v) is 11.3. The SMILES string of the molecule is COc1cc2c(cc1OCCCCCCC(=O)O)CC(C(C)C)n1cc(C(=O)O)c(=O)cc1-2. The normalized spacial score (nSPS) is 14.5. The molecule has 1 aliphatic heterocycles. The number of carbonyl (C=O) groups is 2. The zero-order chi connectivity index (χ0) is 24.1. The fourth-order valence-corrected chi connectivity index (χ4v) is 4.28. The summed E-state index contributed by atoms with van der Waals surface area (Å²) in [7, 11) is 1.56. The molecule has 1 aliphatic rings. The maximum atomic E-state index is 12.4. The van der Waals surface area contributed by atoms with Gasteiger partial charge >= 0.3 is 11.9 Å². The Balaban J connectivity index is 1.86. The third kappa shape index (κ3) is 5.56. The van der Waals surface area contributed by atoms with Crippen LogP contribution in [-0.4, -0.2) is 40.4 Å². The van der Waals surface area contributed by atoms with Gasteiger partial charge in [0.15, 0.2) is 16.9 Å². The van der Waals surface area contributed by atoms with Crippen molar-refractivity contribution in [1.82, 2.24) is 4.57 Å². The lowest BCUT2D eigenvalue weighted by Crippen LogP contribution is -2.28. The van der Waals surface area contributed by atoms with E-state index < -0.39 is 17.4 Å². The van der Waals surface area contributed by atoms with Crippen molar-refractivity contribution in [2.24, 2.45) is 5.92 Å². The van der Waals surface area contributed by atoms with Crippen molar-refractivity contribution in [2.75, 3.05) is 13.7 Å². The first-order valence-electron chi connectivity index (χ1n) is 11.3. The number of ether oxygens (including phenoxy) is 2. The van der Waals surface area contributed by atoms with Gasteiger partial charge in [-0.05, 0) is 42.9 Å². The minimum Gasteiger partial charge on any atom is -0.493 e. The summed E-state index contributed by atoms with van der Waals surface area (Å²) in [4.78, 5) is 34.5. The Bertz CT molecular complexity index is 1090. The second-order valence-electron chi connectivity index (χ2n) is 8.73. The highest BCUT2D eigenvalue weighted by atomic mass is 16.5. The summed E-state index contributed by atoms with van der Waals surface area (Å²) < 4.78 is 13.4. The van der Waals surface area contributed by atoms with Crippen molar-refractivity contribution in [2.45, 2.75) is 58.4 Å². The fraction of sp³-hybridized carbons (Fsp3) is 0.480. The third-order valence-electron chi connectivity index (χ3n) is 6.07. The molecular formula is C25H31NO7. The second-order valence-corrected chi connectivity index (χ2v) is 8.73. The smallest absolute Gasteiger partial charge is 0.341 e. The Morgan fingerprint density at radius 3 is 2.45 bits per heavy atom. The van der Waals surface area contributed by atoms with Gasteiger partial charge in [-0.1, -0.05) is 26.7 Å². The Kier molecular flexibility index (Phi) is 7.79. The van der Waals surface area contributed by atoms with E-state index in [-0.39, 0.29) is 23.9 Å². The molecule has 1 atom stereocenters. The van der Waals surface area contributed by atoms with Gasteiger partial charge in [-0.3, -0.25) is 9.59 Å². The molecule has 33 heavy (non-hydrogen) atoms. The average Bonchev–Trinajstić information content (AvgIpc) is 2.76. The molecule has 0 radical (unpaired) electrons. The van der Waals surface area contributed by atoms with Crippen molar-refractivity contribution in [3.8, 4) is 22.8 Å². The minimum atomic E-state index is -1.23. The van der Waals surface area contributed by atoms with E-state index in [1.807, 2.05) is 16.7 Å². The maximum Gasteiger partial charge on any atom is 0.341 e. The van der Waals surface area contributed by atoms with Crippen LogP contribution in [0.15, 0.2) is 29.2 Å². The number of rotatable bonds is 11. The van der Waals surface area contributed by atoms with Gasteiger partial charge in [-0.2, -0.15) is 0 Å². The molecule has 0 aliphatic carbocycles. The molecule has 2 N–H and O–H groups in total. The Morgan fingerprint density at radius 2 is 1.82 bits per heavy atom. The number of hydrogen-bond donors (Lipinski definition) is 2. The number of unbranched alkanes of at least 4 members (excludes halogenated alkanes) is 3. The lowest BCUT2D eigenvalue weighted by atomic mass is 9.87. The molecule has 8 nitrogen and oxygen atoms in total. The second kappa shape index (κ2) is 10.6. The number of carboxylic acid groups (broad SMARTS) is 2. The van der Waals surface area contributed by atoms with Gasteiger partial charge in [-0.25, -0.2) is 4.79 Å². The summed E-state index contributed by atoms with van der Waals surface area (Å²) in [5, 5.41) is 18.1. The lowest BCUT2D eigenvalue weighted by Gasteiger charge is -2.33. The molecule has 2 aromatic rings. The first kappa shape index (κ1) is 24.4. The number of fused-ring (bicyclic) bond motifs is 3. The average molecular weight is 458 g/mol. The molecule has 0 amide bonds. The zero-order valence-corrected chi connectivity index (χ0v) is 19.3. The largest absolute Gasteiger partial charge is 0.493 e. The summed E-state index contributed by atoms with van der Waals surface area (Å²) >= 11 is 0. The minimum absolute atomic E-state index is 0.00156. The highest BCUT2D eigenvalue weighted by Crippen LogP contribution is 2.42. The van der Waals surface area contributed by atoms with Crippen molar-refractivity contribution >= 4 is 11.9 Å². The topological polar surface area (TPSA) is 115 Å². The fourth-order valence-electron chi connectivity index (χ4n) is 4.28. The van der Waals surface area contributed by atoms with Crippen LogP contribution in [-0.2, 0) is 11.2 Å². The summed E-state index contributed by atoms with van der Waals surface area (Å²) in [5.74, 6) is -0.606. The summed E-state index contributed by atoms with van der Waals surface area (Å²) in [5.41, 5.74) is 1.77. The highest BCUT2D eigenvalue weighted by molar-refractivity contribution is 5.88. The van der Waals surface area contributed by atoms with Crippen LogP contribution < -0.4 is 14.9 Å². The number of aromatic carboxylic acids is 1. The van der Waals surface area contributed by atoms with Gasteiger partial charge in [0.2, 0.25) is 0 Å². The van der Waals surface area contributed by atoms with Crippen LogP contribution in [0, 0.1) is 5.92 Å². The third-order valence-corrected chi connectivity index (χ3v) is 6.07. The van der Waals surface area contributed by atoms with Gasteiger partial charge in [0, 0.05) is 30.3 Å². The number of carboxylic acids is 2. The van der Waals surface area contributed by atoms with Crippen LogP contribution in [0.3, 0.4) is 0 Å². The van der Waals surface area contributed by atoms with Crippen molar-refractivity contribution in [3.05, 3.63) is 45.7 Å². The van der Waals surface area contributed by atoms with Gasteiger partial charge < -0.3 is 24.3 Å². The quantitative estimate of drug-likeness (QED) is 0.481. The van der Waals surface area contributed by atoms with Crippen LogP contribution >= 0.6 is 0 Å². The van der Waals surface area contributed by atoms with Crippen LogP contribution in [0.5, 0.6) is 11.5 Å². The van der Waals surface area contributed by atoms with E-state index in [1.54, 1.807) is 7.11 Å². The lowest BCUT2D eigenvalue weighted by molar-refractivity contribution is -0.137. The van der Waals surface area contributed by atoms with Crippen molar-refractivity contribution in [1.29, 1.82) is 0 Å². The molecular weight excluding hydrogens is 426 g/mol. The number of methoxy groups -OCH3 is 1. The van der Waals surface area contributed by atoms with Crippen molar-refractivity contribution < 1.29 is 29.3 Å². The van der Waals surface area contributed by atoms with E-state index in [0.29, 0.717) is 36.6 Å². The highest BCUT2D eigenvalue weighted by Gasteiger charge is 2.29. The van der Waals surface area contributed by atoms with Crippen LogP contribution in [0.2, 0.25) is 0 Å². The zero-order valence-electron chi connectivity index (χ0n) is 19.3. The van der Waals surface area contributed by atoms with E-state index in [0.717, 1.165) is 30.4 Å². The van der Waals surface area contributed by atoms with Crippen molar-refractivity contribution in [3.63, 3.8) is 0 Å². The van der Waals surface area contributed by atoms with E-state index in [1.165, 1.54) is 12.3 Å². The monoisotopic (exact) mass is 457 g/mol. The van der Waals surface area contributed by atoms with Gasteiger partial charge in [-0.15, -0.1) is 0 Å². The summed E-state index contributed by atoms with van der Waals surface area (Å²) in [6, 6.07) is 5.20. The van der Waals surface area contributed by atoms with Gasteiger partial charge in [0.05, 0.1) is 19.4 Å². The molecule has 0 spiro atoms. The van der Waals surface area contributed by atoms with Gasteiger partial charge in [0.25, 0.3) is 0 Å². The predicted molar refractivity (Wildman–Crippen MR) is 123 cm³/mol. The number of aliphatic carboxylic acids is 1. The van der Waals surface area contributed by atoms with Crippen LogP contribution in [0.25, 0.3) is 11.3 Å². The maximum absolute atomic E-state index is 12.4. The number of pyridine rings is 1. The molecule has 0 fully saturated rings. The number of benzene rings is 1. The van der Waals surface area contributed by atoms with Gasteiger partial charge in [0.1, 0.15) is 5.56 Å². The summed E-state index contributed by atoms with van der Waals surface area (Å²) in [6.45, 7) is 4.64. The number of hydrogen-bond acceptors (Lipinski definition) is 5. The van der Waals surface area contributed by atoms with E-state index in [2.05, 4.69) is 13.8 Å². The Labute approximate surface area is 192 Å².